The summed E-state index contributed by atoms with van der Waals surface area (Å²) in [5.74, 6) is 5.63. The van der Waals surface area contributed by atoms with Crippen molar-refractivity contribution in [2.45, 2.75) is 46.3 Å². The lowest BCUT2D eigenvalue weighted by atomic mass is 9.99. The summed E-state index contributed by atoms with van der Waals surface area (Å²) < 4.78 is 19.5. The molecule has 1 aromatic heterocycles. The highest BCUT2D eigenvalue weighted by molar-refractivity contribution is 5.97. The highest BCUT2D eigenvalue weighted by Gasteiger charge is 2.34. The van der Waals surface area contributed by atoms with E-state index in [1.54, 1.807) is 31.1 Å². The number of ether oxygens (including phenoxy) is 1. The Balaban J connectivity index is 1.92. The molecule has 2 aromatic rings. The second kappa shape index (κ2) is 12.0. The number of halogens is 1. The summed E-state index contributed by atoms with van der Waals surface area (Å²) in [7, 11) is 1.65. The third kappa shape index (κ3) is 6.61. The predicted octanol–water partition coefficient (Wildman–Crippen LogP) is 3.61. The van der Waals surface area contributed by atoms with Crippen molar-refractivity contribution in [1.82, 2.24) is 14.8 Å². The minimum Gasteiger partial charge on any atom is -0.472 e. The van der Waals surface area contributed by atoms with Gasteiger partial charge in [0.25, 0.3) is 11.8 Å². The minimum atomic E-state index is -0.481. The number of aliphatic hydroxyl groups excluding tert-OH is 1. The fourth-order valence-corrected chi connectivity index (χ4v) is 3.91. The minimum absolute atomic E-state index is 0.170. The van der Waals surface area contributed by atoms with Crippen molar-refractivity contribution in [1.29, 1.82) is 0 Å². The Morgan fingerprint density at radius 3 is 2.64 bits per heavy atom. The fourth-order valence-electron chi connectivity index (χ4n) is 3.91. The van der Waals surface area contributed by atoms with E-state index in [0.29, 0.717) is 23.6 Å². The van der Waals surface area contributed by atoms with E-state index in [1.165, 1.54) is 29.2 Å². The molecule has 1 aliphatic rings. The molecule has 36 heavy (non-hydrogen) atoms. The standard InChI is InChI=1S/C28H34FN3O4/c1-18(2)7-6-8-21-13-24-26(30-14-21)36-25(19(3)15-32(28(24)35)20(4)17-33)16-31(5)27(34)22-9-11-23(29)12-10-22/h9-14,18-20,25,33H,7,15-17H2,1-5H3/t19-,20-,25+/m0/s1. The smallest absolute Gasteiger partial charge is 0.259 e. The van der Waals surface area contributed by atoms with Crippen molar-refractivity contribution in [2.24, 2.45) is 11.8 Å². The number of pyridine rings is 1. The molecule has 0 bridgehead atoms. The number of carbonyl (C=O) groups excluding carboxylic acids is 2. The van der Waals surface area contributed by atoms with E-state index in [-0.39, 0.29) is 42.3 Å². The van der Waals surface area contributed by atoms with Crippen LogP contribution < -0.4 is 4.74 Å². The third-order valence-corrected chi connectivity index (χ3v) is 6.16. The van der Waals surface area contributed by atoms with Gasteiger partial charge in [0.15, 0.2) is 0 Å². The number of fused-ring (bicyclic) bond motifs is 1. The Morgan fingerprint density at radius 2 is 2.00 bits per heavy atom. The Morgan fingerprint density at radius 1 is 1.31 bits per heavy atom. The zero-order valence-corrected chi connectivity index (χ0v) is 21.5. The van der Waals surface area contributed by atoms with Crippen molar-refractivity contribution in [3.8, 4) is 17.7 Å². The molecule has 3 rings (SSSR count). The number of likely N-dealkylation sites (N-methyl/N-ethyl adjacent to an activating group) is 1. The van der Waals surface area contributed by atoms with Gasteiger partial charge in [0.05, 0.1) is 19.2 Å². The first-order chi connectivity index (χ1) is 17.1. The average Bonchev–Trinajstić information content (AvgIpc) is 2.85. The molecule has 0 saturated heterocycles. The molecule has 2 amide bonds. The van der Waals surface area contributed by atoms with Crippen molar-refractivity contribution in [3.05, 3.63) is 59.0 Å². The summed E-state index contributed by atoms with van der Waals surface area (Å²) in [6, 6.07) is 6.64. The van der Waals surface area contributed by atoms with Crippen molar-refractivity contribution in [2.75, 3.05) is 26.7 Å². The molecule has 0 radical (unpaired) electrons. The molecular formula is C28H34FN3O4. The molecule has 0 aliphatic carbocycles. The number of nitrogens with zero attached hydrogens (tertiary/aromatic N) is 3. The van der Waals surface area contributed by atoms with Crippen LogP contribution in [0.3, 0.4) is 0 Å². The quantitative estimate of drug-likeness (QED) is 0.619. The SMILES string of the molecule is CC(C)CC#Cc1cnc2c(c1)C(=O)N([C@@H](C)CO)C[C@H](C)[C@@H](CN(C)C(=O)c1ccc(F)cc1)O2. The summed E-state index contributed by atoms with van der Waals surface area (Å²) in [4.78, 5) is 33.9. The monoisotopic (exact) mass is 495 g/mol. The fraction of sp³-hybridized carbons (Fsp3) is 0.464. The molecule has 0 fully saturated rings. The van der Waals surface area contributed by atoms with Gasteiger partial charge < -0.3 is 19.6 Å². The molecule has 0 spiro atoms. The number of benzene rings is 1. The van der Waals surface area contributed by atoms with E-state index in [1.807, 2.05) is 6.92 Å². The van der Waals surface area contributed by atoms with Crippen molar-refractivity contribution >= 4 is 11.8 Å². The maximum Gasteiger partial charge on any atom is 0.259 e. The van der Waals surface area contributed by atoms with Crippen molar-refractivity contribution < 1.29 is 23.8 Å². The van der Waals surface area contributed by atoms with Crippen LogP contribution in [0.15, 0.2) is 36.5 Å². The number of rotatable bonds is 6. The number of hydrogen-bond donors (Lipinski definition) is 1. The highest BCUT2D eigenvalue weighted by Crippen LogP contribution is 2.27. The lowest BCUT2D eigenvalue weighted by Crippen LogP contribution is -2.50. The second-order valence-electron chi connectivity index (χ2n) is 9.79. The molecule has 2 heterocycles. The molecule has 0 unspecified atom stereocenters. The number of hydrogen-bond acceptors (Lipinski definition) is 5. The summed E-state index contributed by atoms with van der Waals surface area (Å²) in [5, 5.41) is 9.81. The van der Waals surface area contributed by atoms with Crippen LogP contribution in [-0.2, 0) is 0 Å². The molecule has 192 valence electrons. The molecule has 1 N–H and O–H groups in total. The molecular weight excluding hydrogens is 461 g/mol. The third-order valence-electron chi connectivity index (χ3n) is 6.16. The first-order valence-electron chi connectivity index (χ1n) is 12.2. The van der Waals surface area contributed by atoms with Crippen LogP contribution >= 0.6 is 0 Å². The van der Waals surface area contributed by atoms with Crippen LogP contribution in [0.2, 0.25) is 0 Å². The maximum absolute atomic E-state index is 13.5. The number of carbonyl (C=O) groups is 2. The summed E-state index contributed by atoms with van der Waals surface area (Å²) in [5.41, 5.74) is 1.25. The second-order valence-corrected chi connectivity index (χ2v) is 9.79. The van der Waals surface area contributed by atoms with Gasteiger partial charge in [0, 0.05) is 43.3 Å². The summed E-state index contributed by atoms with van der Waals surface area (Å²) in [6.45, 7) is 8.24. The Hall–Kier alpha value is -3.44. The van der Waals surface area contributed by atoms with Crippen LogP contribution in [0.25, 0.3) is 0 Å². The van der Waals surface area contributed by atoms with Gasteiger partial charge >= 0.3 is 0 Å². The van der Waals surface area contributed by atoms with Crippen LogP contribution in [0.1, 0.15) is 60.4 Å². The van der Waals surface area contributed by atoms with Gasteiger partial charge in [-0.25, -0.2) is 9.37 Å². The molecule has 1 aromatic carbocycles. The summed E-state index contributed by atoms with van der Waals surface area (Å²) >= 11 is 0. The van der Waals surface area contributed by atoms with Crippen LogP contribution in [-0.4, -0.2) is 70.6 Å². The van der Waals surface area contributed by atoms with E-state index in [0.717, 1.165) is 6.42 Å². The van der Waals surface area contributed by atoms with Crippen LogP contribution in [0.5, 0.6) is 5.88 Å². The van der Waals surface area contributed by atoms with Crippen LogP contribution in [0, 0.1) is 29.5 Å². The predicted molar refractivity (Wildman–Crippen MR) is 135 cm³/mol. The lowest BCUT2D eigenvalue weighted by Gasteiger charge is -2.37. The van der Waals surface area contributed by atoms with Gasteiger partial charge in [-0.1, -0.05) is 32.6 Å². The van der Waals surface area contributed by atoms with Crippen molar-refractivity contribution in [3.63, 3.8) is 0 Å². The molecule has 8 heteroatoms. The van der Waals surface area contributed by atoms with E-state index in [4.69, 9.17) is 4.74 Å². The highest BCUT2D eigenvalue weighted by atomic mass is 19.1. The van der Waals surface area contributed by atoms with E-state index in [2.05, 4.69) is 30.7 Å². The van der Waals surface area contributed by atoms with E-state index in [9.17, 15) is 19.1 Å². The number of aromatic nitrogens is 1. The van der Waals surface area contributed by atoms with E-state index < -0.39 is 18.0 Å². The zero-order valence-electron chi connectivity index (χ0n) is 21.5. The van der Waals surface area contributed by atoms with Gasteiger partial charge in [-0.3, -0.25) is 9.59 Å². The Bertz CT molecular complexity index is 1140. The first kappa shape index (κ1) is 27.2. The Labute approximate surface area is 212 Å². The van der Waals surface area contributed by atoms with Gasteiger partial charge in [0.1, 0.15) is 17.5 Å². The molecule has 1 aliphatic heterocycles. The van der Waals surface area contributed by atoms with Gasteiger partial charge in [-0.15, -0.1) is 0 Å². The first-order valence-corrected chi connectivity index (χ1v) is 12.2. The number of amides is 2. The molecule has 0 saturated carbocycles. The lowest BCUT2D eigenvalue weighted by molar-refractivity contribution is 0.0313. The van der Waals surface area contributed by atoms with Crippen LogP contribution in [0.4, 0.5) is 4.39 Å². The van der Waals surface area contributed by atoms with Gasteiger partial charge in [-0.2, -0.15) is 0 Å². The molecule has 3 atom stereocenters. The largest absolute Gasteiger partial charge is 0.472 e. The number of aliphatic hydroxyl groups is 1. The topological polar surface area (TPSA) is 83.0 Å². The summed E-state index contributed by atoms with van der Waals surface area (Å²) in [6.07, 6.45) is 1.82. The van der Waals surface area contributed by atoms with Gasteiger partial charge in [-0.05, 0) is 43.2 Å². The van der Waals surface area contributed by atoms with E-state index >= 15 is 0 Å². The Kier molecular flexibility index (Phi) is 9.05. The average molecular weight is 496 g/mol. The maximum atomic E-state index is 13.5. The normalized spacial score (nSPS) is 18.3. The molecule has 7 nitrogen and oxygen atoms in total. The zero-order chi connectivity index (χ0) is 26.4. The van der Waals surface area contributed by atoms with Gasteiger partial charge in [0.2, 0.25) is 5.88 Å².